The second kappa shape index (κ2) is 6.33. The fourth-order valence-electron chi connectivity index (χ4n) is 3.11. The molecule has 6 nitrogen and oxygen atoms in total. The standard InChI is InChI=1S/C20H21FN4O2/c1-11-4-5-14(21)13(8-11)9-22-18(26)15-12(2)27-19-16(15)17(23-10-24-19)25-20(3)6-7-20/h4-5,8,10H,6-7,9H2,1-3H3,(H,22,26)(H,23,24,25). The highest BCUT2D eigenvalue weighted by Gasteiger charge is 2.38. The third kappa shape index (κ3) is 3.37. The normalized spacial score (nSPS) is 15.0. The number of carbonyl (C=O) groups excluding carboxylic acids is 1. The van der Waals surface area contributed by atoms with Crippen molar-refractivity contribution in [3.05, 3.63) is 52.8 Å². The van der Waals surface area contributed by atoms with Gasteiger partial charge in [-0.25, -0.2) is 14.4 Å². The SMILES string of the molecule is Cc1ccc(F)c(CNC(=O)c2c(C)oc3ncnc(NC4(C)CC4)c23)c1. The number of anilines is 1. The molecule has 0 unspecified atom stereocenters. The lowest BCUT2D eigenvalue weighted by atomic mass is 10.1. The van der Waals surface area contributed by atoms with E-state index >= 15 is 0 Å². The van der Waals surface area contributed by atoms with Crippen molar-refractivity contribution in [2.24, 2.45) is 0 Å². The summed E-state index contributed by atoms with van der Waals surface area (Å²) in [5.74, 6) is 0.355. The zero-order chi connectivity index (χ0) is 19.2. The van der Waals surface area contributed by atoms with E-state index in [0.29, 0.717) is 33.8 Å². The number of rotatable bonds is 5. The predicted octanol–water partition coefficient (Wildman–Crippen LogP) is 3.87. The summed E-state index contributed by atoms with van der Waals surface area (Å²) >= 11 is 0. The number of benzene rings is 1. The zero-order valence-corrected chi connectivity index (χ0v) is 15.5. The number of fused-ring (bicyclic) bond motifs is 1. The Morgan fingerprint density at radius 1 is 1.30 bits per heavy atom. The molecule has 0 atom stereocenters. The lowest BCUT2D eigenvalue weighted by Crippen LogP contribution is -2.24. The van der Waals surface area contributed by atoms with Crippen LogP contribution in [-0.2, 0) is 6.54 Å². The van der Waals surface area contributed by atoms with Crippen LogP contribution in [0.3, 0.4) is 0 Å². The molecule has 1 saturated carbocycles. The highest BCUT2D eigenvalue weighted by Crippen LogP contribution is 2.40. The van der Waals surface area contributed by atoms with Crippen LogP contribution in [0.5, 0.6) is 0 Å². The maximum atomic E-state index is 14.0. The second-order valence-electron chi connectivity index (χ2n) is 7.40. The van der Waals surface area contributed by atoms with Gasteiger partial charge in [0.25, 0.3) is 5.91 Å². The summed E-state index contributed by atoms with van der Waals surface area (Å²) in [6.07, 6.45) is 3.51. The van der Waals surface area contributed by atoms with Crippen LogP contribution in [0.4, 0.5) is 10.2 Å². The van der Waals surface area contributed by atoms with E-state index in [1.54, 1.807) is 19.1 Å². The van der Waals surface area contributed by atoms with Gasteiger partial charge in [-0.05, 0) is 39.7 Å². The highest BCUT2D eigenvalue weighted by atomic mass is 19.1. The second-order valence-corrected chi connectivity index (χ2v) is 7.40. The summed E-state index contributed by atoms with van der Waals surface area (Å²) in [4.78, 5) is 21.3. The number of hydrogen-bond acceptors (Lipinski definition) is 5. The smallest absolute Gasteiger partial charge is 0.255 e. The predicted molar refractivity (Wildman–Crippen MR) is 100 cm³/mol. The van der Waals surface area contributed by atoms with Gasteiger partial charge in [-0.15, -0.1) is 0 Å². The largest absolute Gasteiger partial charge is 0.442 e. The molecule has 4 rings (SSSR count). The molecule has 1 aromatic carbocycles. The van der Waals surface area contributed by atoms with Gasteiger partial charge in [-0.1, -0.05) is 17.7 Å². The van der Waals surface area contributed by atoms with Gasteiger partial charge in [0.2, 0.25) is 5.71 Å². The highest BCUT2D eigenvalue weighted by molar-refractivity contribution is 6.10. The Kier molecular flexibility index (Phi) is 4.09. The van der Waals surface area contributed by atoms with E-state index < -0.39 is 0 Å². The van der Waals surface area contributed by atoms with Crippen molar-refractivity contribution >= 4 is 22.8 Å². The Bertz CT molecular complexity index is 1040. The van der Waals surface area contributed by atoms with Crippen LogP contribution < -0.4 is 10.6 Å². The maximum Gasteiger partial charge on any atom is 0.255 e. The Morgan fingerprint density at radius 2 is 2.07 bits per heavy atom. The van der Waals surface area contributed by atoms with Crippen molar-refractivity contribution in [2.75, 3.05) is 5.32 Å². The lowest BCUT2D eigenvalue weighted by molar-refractivity contribution is 0.0950. The molecule has 1 amide bonds. The Balaban J connectivity index is 1.65. The molecule has 1 aliphatic carbocycles. The molecule has 2 heterocycles. The lowest BCUT2D eigenvalue weighted by Gasteiger charge is -2.13. The molecule has 2 N–H and O–H groups in total. The molecule has 2 aromatic heterocycles. The van der Waals surface area contributed by atoms with E-state index in [9.17, 15) is 9.18 Å². The summed E-state index contributed by atoms with van der Waals surface area (Å²) in [5.41, 5.74) is 2.11. The average molecular weight is 368 g/mol. The van der Waals surface area contributed by atoms with Gasteiger partial charge in [0, 0.05) is 17.6 Å². The summed E-state index contributed by atoms with van der Waals surface area (Å²) in [6, 6.07) is 4.82. The summed E-state index contributed by atoms with van der Waals surface area (Å²) in [5, 5.41) is 6.73. The summed E-state index contributed by atoms with van der Waals surface area (Å²) in [6.45, 7) is 5.79. The van der Waals surface area contributed by atoms with Crippen molar-refractivity contribution < 1.29 is 13.6 Å². The molecule has 140 valence electrons. The molecule has 7 heteroatoms. The molecule has 1 aliphatic rings. The number of halogens is 1. The van der Waals surface area contributed by atoms with E-state index in [-0.39, 0.29) is 23.8 Å². The van der Waals surface area contributed by atoms with E-state index in [1.165, 1.54) is 12.4 Å². The van der Waals surface area contributed by atoms with E-state index in [2.05, 4.69) is 27.5 Å². The van der Waals surface area contributed by atoms with Crippen molar-refractivity contribution in [3.63, 3.8) is 0 Å². The van der Waals surface area contributed by atoms with Crippen LogP contribution in [0.2, 0.25) is 0 Å². The van der Waals surface area contributed by atoms with Crippen LogP contribution in [0.15, 0.2) is 28.9 Å². The van der Waals surface area contributed by atoms with Gasteiger partial charge in [-0.3, -0.25) is 4.79 Å². The van der Waals surface area contributed by atoms with Crippen molar-refractivity contribution in [2.45, 2.75) is 45.7 Å². The number of carbonyl (C=O) groups is 1. The Labute approximate surface area is 156 Å². The first-order valence-corrected chi connectivity index (χ1v) is 8.92. The molecule has 3 aromatic rings. The third-order valence-corrected chi connectivity index (χ3v) is 4.95. The molecule has 0 bridgehead atoms. The van der Waals surface area contributed by atoms with Crippen LogP contribution in [0, 0.1) is 19.7 Å². The third-order valence-electron chi connectivity index (χ3n) is 4.95. The van der Waals surface area contributed by atoms with Gasteiger partial charge in [-0.2, -0.15) is 0 Å². The molecule has 0 radical (unpaired) electrons. The Hall–Kier alpha value is -2.96. The van der Waals surface area contributed by atoms with Gasteiger partial charge in [0.05, 0.1) is 10.9 Å². The molecule has 0 saturated heterocycles. The van der Waals surface area contributed by atoms with Crippen LogP contribution in [0.25, 0.3) is 11.1 Å². The van der Waals surface area contributed by atoms with E-state index in [1.807, 2.05) is 6.92 Å². The fraction of sp³-hybridized carbons (Fsp3) is 0.350. The van der Waals surface area contributed by atoms with Crippen molar-refractivity contribution in [1.82, 2.24) is 15.3 Å². The van der Waals surface area contributed by atoms with Crippen LogP contribution in [-0.4, -0.2) is 21.4 Å². The first kappa shape index (κ1) is 17.5. The summed E-state index contributed by atoms with van der Waals surface area (Å²) in [7, 11) is 0. The number of amides is 1. The van der Waals surface area contributed by atoms with Gasteiger partial charge in [0.15, 0.2) is 0 Å². The molecular formula is C20H21FN4O2. The molecule has 27 heavy (non-hydrogen) atoms. The number of nitrogens with one attached hydrogen (secondary N) is 2. The molecular weight excluding hydrogens is 347 g/mol. The molecule has 0 aliphatic heterocycles. The Morgan fingerprint density at radius 3 is 2.81 bits per heavy atom. The quantitative estimate of drug-likeness (QED) is 0.715. The number of aromatic nitrogens is 2. The first-order chi connectivity index (χ1) is 12.9. The minimum atomic E-state index is -0.345. The van der Waals surface area contributed by atoms with E-state index in [4.69, 9.17) is 4.42 Å². The number of furan rings is 1. The van der Waals surface area contributed by atoms with Gasteiger partial charge >= 0.3 is 0 Å². The topological polar surface area (TPSA) is 80.1 Å². The minimum absolute atomic E-state index is 0.00903. The average Bonchev–Trinajstić information content (AvgIpc) is 3.24. The monoisotopic (exact) mass is 368 g/mol. The molecule has 0 spiro atoms. The number of hydrogen-bond donors (Lipinski definition) is 2. The van der Waals surface area contributed by atoms with Gasteiger partial charge < -0.3 is 15.1 Å². The maximum absolute atomic E-state index is 14.0. The van der Waals surface area contributed by atoms with Crippen molar-refractivity contribution in [3.8, 4) is 0 Å². The number of nitrogens with zero attached hydrogens (tertiary/aromatic N) is 2. The van der Waals surface area contributed by atoms with Gasteiger partial charge in [0.1, 0.15) is 23.7 Å². The summed E-state index contributed by atoms with van der Waals surface area (Å²) < 4.78 is 19.6. The minimum Gasteiger partial charge on any atom is -0.442 e. The van der Waals surface area contributed by atoms with Crippen LogP contribution in [0.1, 0.15) is 47.0 Å². The van der Waals surface area contributed by atoms with E-state index in [0.717, 1.165) is 18.4 Å². The fourth-order valence-corrected chi connectivity index (χ4v) is 3.11. The van der Waals surface area contributed by atoms with Crippen LogP contribution >= 0.6 is 0 Å². The molecule has 1 fully saturated rings. The van der Waals surface area contributed by atoms with Crippen molar-refractivity contribution in [1.29, 1.82) is 0 Å². The first-order valence-electron chi connectivity index (χ1n) is 8.92. The zero-order valence-electron chi connectivity index (χ0n) is 15.5. The number of aryl methyl sites for hydroxylation is 2.